The van der Waals surface area contributed by atoms with Crippen LogP contribution in [0.4, 0.5) is 24.9 Å². The van der Waals surface area contributed by atoms with Crippen molar-refractivity contribution < 1.29 is 26.3 Å². The summed E-state index contributed by atoms with van der Waals surface area (Å²) < 4.78 is 73.4. The monoisotopic (exact) mass is 610 g/mol. The molecule has 1 fully saturated rings. The number of alkyl halides is 3. The molecule has 0 amide bonds. The van der Waals surface area contributed by atoms with E-state index in [2.05, 4.69) is 35.7 Å². The van der Waals surface area contributed by atoms with Crippen LogP contribution in [0.1, 0.15) is 18.4 Å². The van der Waals surface area contributed by atoms with Gasteiger partial charge in [0.15, 0.2) is 15.7 Å². The first-order valence-electron chi connectivity index (χ1n) is 13.1. The highest BCUT2D eigenvalue weighted by Gasteiger charge is 2.64. The third-order valence-electron chi connectivity index (χ3n) is 7.10. The summed E-state index contributed by atoms with van der Waals surface area (Å²) in [6.07, 6.45) is -0.651. The summed E-state index contributed by atoms with van der Waals surface area (Å²) >= 11 is 0. The van der Waals surface area contributed by atoms with Crippen LogP contribution < -0.4 is 15.4 Å². The first-order valence-corrected chi connectivity index (χ1v) is 14.9. The maximum Gasteiger partial charge on any atom is 0.411 e. The lowest BCUT2D eigenvalue weighted by Crippen LogP contribution is -2.39. The van der Waals surface area contributed by atoms with E-state index in [4.69, 9.17) is 4.74 Å². The quantitative estimate of drug-likeness (QED) is 0.239. The largest absolute Gasteiger partial charge is 0.495 e. The van der Waals surface area contributed by atoms with E-state index in [1.54, 1.807) is 29.2 Å². The third kappa shape index (κ3) is 5.67. The van der Waals surface area contributed by atoms with E-state index in [1.807, 2.05) is 24.3 Å². The SMILES string of the molecule is COc1ccc(-c2ccc3nc(NCc4cccc(-n5cncn5)c4)nc(NC4(C(F)(F)F)CC4)c3n2)cc1S(C)(=O)=O. The third-order valence-corrected chi connectivity index (χ3v) is 8.21. The van der Waals surface area contributed by atoms with Crippen LogP contribution in [-0.4, -0.2) is 63.2 Å². The molecule has 222 valence electrons. The molecule has 5 aromatic rings. The average molecular weight is 611 g/mol. The molecule has 0 saturated heterocycles. The molecule has 15 heteroatoms. The zero-order valence-corrected chi connectivity index (χ0v) is 23.7. The summed E-state index contributed by atoms with van der Waals surface area (Å²) in [5.41, 5.74) is 0.704. The van der Waals surface area contributed by atoms with E-state index in [0.29, 0.717) is 16.8 Å². The van der Waals surface area contributed by atoms with Crippen molar-refractivity contribution in [2.45, 2.75) is 36.0 Å². The number of pyridine rings is 1. The number of fused-ring (bicyclic) bond motifs is 1. The number of methoxy groups -OCH3 is 1. The van der Waals surface area contributed by atoms with E-state index >= 15 is 0 Å². The van der Waals surface area contributed by atoms with Crippen LogP contribution in [0.25, 0.3) is 28.0 Å². The normalized spacial score (nSPS) is 14.4. The van der Waals surface area contributed by atoms with Gasteiger partial charge in [0.05, 0.1) is 24.0 Å². The lowest BCUT2D eigenvalue weighted by molar-refractivity contribution is -0.151. The number of rotatable bonds is 9. The number of benzene rings is 2. The second kappa shape index (κ2) is 10.5. The van der Waals surface area contributed by atoms with Crippen LogP contribution in [0.2, 0.25) is 0 Å². The fourth-order valence-electron chi connectivity index (χ4n) is 4.63. The predicted octanol–water partition coefficient (Wildman–Crippen LogP) is 4.80. The summed E-state index contributed by atoms with van der Waals surface area (Å²) in [5.74, 6) is 0.191. The van der Waals surface area contributed by atoms with Gasteiger partial charge in [-0.3, -0.25) is 0 Å². The molecule has 2 aromatic carbocycles. The summed E-state index contributed by atoms with van der Waals surface area (Å²) in [4.78, 5) is 17.4. The Bertz CT molecular complexity index is 1930. The van der Waals surface area contributed by atoms with Crippen molar-refractivity contribution in [2.75, 3.05) is 24.0 Å². The molecule has 3 aromatic heterocycles. The van der Waals surface area contributed by atoms with Gasteiger partial charge in [-0.05, 0) is 60.9 Å². The highest BCUT2D eigenvalue weighted by molar-refractivity contribution is 7.90. The van der Waals surface area contributed by atoms with Gasteiger partial charge in [-0.25, -0.2) is 28.1 Å². The van der Waals surface area contributed by atoms with Crippen molar-refractivity contribution in [2.24, 2.45) is 0 Å². The van der Waals surface area contributed by atoms with Crippen LogP contribution in [0, 0.1) is 0 Å². The van der Waals surface area contributed by atoms with Crippen LogP contribution in [0.3, 0.4) is 0 Å². The van der Waals surface area contributed by atoms with E-state index < -0.39 is 21.6 Å². The second-order valence-corrected chi connectivity index (χ2v) is 12.2. The van der Waals surface area contributed by atoms with Gasteiger partial charge in [-0.1, -0.05) is 12.1 Å². The molecule has 0 atom stereocenters. The zero-order chi connectivity index (χ0) is 30.4. The van der Waals surface area contributed by atoms with Gasteiger partial charge in [0.2, 0.25) is 5.95 Å². The molecule has 1 saturated carbocycles. The highest BCUT2D eigenvalue weighted by Crippen LogP contribution is 2.51. The standard InChI is InChI=1S/C28H25F3N8O3S/c1-42-22-9-6-18(13-23(22)43(2,40)41)20-7-8-21-24(35-20)25(38-27(10-11-27)28(29,30)31)37-26(36-21)33-14-17-4-3-5-19(12-17)39-16-32-15-34-39/h3-9,12-13,15-16H,10-11,14H2,1-2H3,(H2,33,36,37,38). The summed E-state index contributed by atoms with van der Waals surface area (Å²) in [7, 11) is -2.28. The lowest BCUT2D eigenvalue weighted by Gasteiger charge is -2.22. The van der Waals surface area contributed by atoms with E-state index in [0.717, 1.165) is 17.5 Å². The number of anilines is 2. The Morgan fingerprint density at radius 2 is 1.86 bits per heavy atom. The second-order valence-electron chi connectivity index (χ2n) is 10.2. The van der Waals surface area contributed by atoms with Crippen molar-refractivity contribution in [3.8, 4) is 22.7 Å². The molecule has 2 N–H and O–H groups in total. The number of sulfone groups is 1. The van der Waals surface area contributed by atoms with Crippen LogP contribution >= 0.6 is 0 Å². The molecular formula is C28H25F3N8O3S. The Hall–Kier alpha value is -4.79. The number of halogens is 3. The van der Waals surface area contributed by atoms with Gasteiger partial charge in [0, 0.05) is 18.4 Å². The van der Waals surface area contributed by atoms with Gasteiger partial charge >= 0.3 is 6.18 Å². The number of nitrogens with one attached hydrogen (secondary N) is 2. The van der Waals surface area contributed by atoms with Crippen molar-refractivity contribution in [3.63, 3.8) is 0 Å². The number of hydrogen-bond acceptors (Lipinski definition) is 10. The molecule has 11 nitrogen and oxygen atoms in total. The highest BCUT2D eigenvalue weighted by atomic mass is 32.2. The van der Waals surface area contributed by atoms with Crippen molar-refractivity contribution in [1.29, 1.82) is 0 Å². The van der Waals surface area contributed by atoms with Gasteiger partial charge in [-0.15, -0.1) is 0 Å². The number of nitrogens with zero attached hydrogens (tertiary/aromatic N) is 6. The maximum absolute atomic E-state index is 14.0. The van der Waals surface area contributed by atoms with Gasteiger partial charge in [0.1, 0.15) is 34.4 Å². The Kier molecular flexibility index (Phi) is 6.91. The van der Waals surface area contributed by atoms with Crippen molar-refractivity contribution >= 4 is 32.6 Å². The Morgan fingerprint density at radius 1 is 1.05 bits per heavy atom. The van der Waals surface area contributed by atoms with Gasteiger partial charge in [-0.2, -0.15) is 23.3 Å². The molecular weight excluding hydrogens is 585 g/mol. The zero-order valence-electron chi connectivity index (χ0n) is 22.9. The summed E-state index contributed by atoms with van der Waals surface area (Å²) in [5, 5.41) is 9.82. The molecule has 43 heavy (non-hydrogen) atoms. The molecule has 0 radical (unpaired) electrons. The Morgan fingerprint density at radius 3 is 2.53 bits per heavy atom. The molecule has 6 rings (SSSR count). The average Bonchev–Trinajstić information content (AvgIpc) is 3.57. The van der Waals surface area contributed by atoms with Gasteiger partial charge < -0.3 is 15.4 Å². The predicted molar refractivity (Wildman–Crippen MR) is 153 cm³/mol. The van der Waals surface area contributed by atoms with E-state index in [1.165, 1.54) is 25.6 Å². The molecule has 3 heterocycles. The van der Waals surface area contributed by atoms with Crippen molar-refractivity contribution in [3.05, 3.63) is 72.8 Å². The van der Waals surface area contributed by atoms with E-state index in [9.17, 15) is 21.6 Å². The molecule has 1 aliphatic carbocycles. The van der Waals surface area contributed by atoms with Crippen LogP contribution in [0.15, 0.2) is 72.1 Å². The maximum atomic E-state index is 14.0. The molecule has 0 unspecified atom stereocenters. The van der Waals surface area contributed by atoms with Gasteiger partial charge in [0.25, 0.3) is 0 Å². The minimum absolute atomic E-state index is 0.0366. The number of ether oxygens (including phenoxy) is 1. The van der Waals surface area contributed by atoms with Crippen molar-refractivity contribution in [1.82, 2.24) is 29.7 Å². The lowest BCUT2D eigenvalue weighted by atomic mass is 10.1. The topological polar surface area (TPSA) is 137 Å². The smallest absolute Gasteiger partial charge is 0.411 e. The van der Waals surface area contributed by atoms with Crippen LogP contribution in [0.5, 0.6) is 5.75 Å². The molecule has 0 bridgehead atoms. The number of hydrogen-bond donors (Lipinski definition) is 2. The Balaban J connectivity index is 1.38. The first-order chi connectivity index (χ1) is 20.5. The molecule has 1 aliphatic rings. The van der Waals surface area contributed by atoms with E-state index in [-0.39, 0.29) is 47.3 Å². The fraction of sp³-hybridized carbons (Fsp3) is 0.250. The summed E-state index contributed by atoms with van der Waals surface area (Å²) in [6, 6.07) is 15.2. The molecule has 0 aliphatic heterocycles. The minimum Gasteiger partial charge on any atom is -0.495 e. The summed E-state index contributed by atoms with van der Waals surface area (Å²) in [6.45, 7) is 0.281. The fourth-order valence-corrected chi connectivity index (χ4v) is 5.49. The first kappa shape index (κ1) is 28.3. The minimum atomic E-state index is -4.50. The molecule has 0 spiro atoms. The number of aromatic nitrogens is 6. The Labute approximate surface area is 244 Å². The van der Waals surface area contributed by atoms with Crippen LogP contribution in [-0.2, 0) is 16.4 Å².